The molecule has 0 radical (unpaired) electrons. The maximum Gasteiger partial charge on any atom is 0.123 e. The molecule has 1 aromatic carbocycles. The highest BCUT2D eigenvalue weighted by Gasteiger charge is 2.09. The molecule has 5 N–H and O–H groups in total. The Morgan fingerprint density at radius 3 is 2.75 bits per heavy atom. The van der Waals surface area contributed by atoms with Crippen LogP contribution in [0.1, 0.15) is 17.2 Å². The molecule has 0 aliphatic heterocycles. The molecule has 1 atom stereocenters. The summed E-state index contributed by atoms with van der Waals surface area (Å²) in [5, 5.41) is 9.56. The molecule has 1 rings (SSSR count). The van der Waals surface area contributed by atoms with E-state index in [1.165, 1.54) is 0 Å². The third kappa shape index (κ3) is 1.57. The Labute approximate surface area is 72.0 Å². The van der Waals surface area contributed by atoms with Crippen LogP contribution in [0.25, 0.3) is 0 Å². The van der Waals surface area contributed by atoms with Crippen LogP contribution in [-0.4, -0.2) is 11.7 Å². The number of hydrogen-bond acceptors (Lipinski definition) is 3. The normalized spacial score (nSPS) is 12.9. The maximum absolute atomic E-state index is 9.56. The number of aryl methyl sites for hydroxylation is 1. The molecule has 0 heterocycles. The second kappa shape index (κ2) is 3.56. The first-order valence-electron chi connectivity index (χ1n) is 3.91. The van der Waals surface area contributed by atoms with Crippen molar-refractivity contribution in [2.75, 3.05) is 6.54 Å². The zero-order valence-corrected chi connectivity index (χ0v) is 7.12. The Morgan fingerprint density at radius 2 is 2.17 bits per heavy atom. The van der Waals surface area contributed by atoms with Crippen LogP contribution >= 0.6 is 0 Å². The lowest BCUT2D eigenvalue weighted by Gasteiger charge is -2.12. The minimum absolute atomic E-state index is 0.260. The Bertz CT molecular complexity index is 273. The number of aromatic hydroxyl groups is 1. The van der Waals surface area contributed by atoms with Crippen LogP contribution in [0.2, 0.25) is 0 Å². The van der Waals surface area contributed by atoms with E-state index >= 15 is 0 Å². The molecule has 0 spiro atoms. The summed E-state index contributed by atoms with van der Waals surface area (Å²) in [6.45, 7) is 2.18. The van der Waals surface area contributed by atoms with Crippen molar-refractivity contribution in [2.45, 2.75) is 13.0 Å². The van der Waals surface area contributed by atoms with E-state index < -0.39 is 0 Å². The van der Waals surface area contributed by atoms with Gasteiger partial charge in [0.05, 0.1) is 0 Å². The van der Waals surface area contributed by atoms with Crippen molar-refractivity contribution < 1.29 is 5.11 Å². The van der Waals surface area contributed by atoms with Crippen LogP contribution in [0.5, 0.6) is 5.75 Å². The standard InChI is InChI=1S/C9H14N2O/c1-6-3-2-4-7(9(6)12)8(11)5-10/h2-4,8,12H,5,10-11H2,1H3/t8-/m0/s1. The monoisotopic (exact) mass is 166 g/mol. The fraction of sp³-hybridized carbons (Fsp3) is 0.333. The quantitative estimate of drug-likeness (QED) is 0.604. The average molecular weight is 166 g/mol. The molecule has 0 bridgehead atoms. The van der Waals surface area contributed by atoms with Crippen molar-refractivity contribution in [3.63, 3.8) is 0 Å². The summed E-state index contributed by atoms with van der Waals surface area (Å²) in [5.74, 6) is 0.260. The topological polar surface area (TPSA) is 72.3 Å². The van der Waals surface area contributed by atoms with Gasteiger partial charge in [-0.25, -0.2) is 0 Å². The Balaban J connectivity index is 3.07. The number of hydrogen-bond donors (Lipinski definition) is 3. The van der Waals surface area contributed by atoms with Gasteiger partial charge in [-0.05, 0) is 12.5 Å². The van der Waals surface area contributed by atoms with Crippen molar-refractivity contribution >= 4 is 0 Å². The molecule has 0 saturated carbocycles. The van der Waals surface area contributed by atoms with Gasteiger partial charge in [0.25, 0.3) is 0 Å². The Morgan fingerprint density at radius 1 is 1.50 bits per heavy atom. The molecule has 0 amide bonds. The third-order valence-electron chi connectivity index (χ3n) is 1.92. The molecule has 0 saturated heterocycles. The number of nitrogens with two attached hydrogens (primary N) is 2. The lowest BCUT2D eigenvalue weighted by molar-refractivity contribution is 0.458. The number of phenolic OH excluding ortho intramolecular Hbond substituents is 1. The summed E-state index contributed by atoms with van der Waals surface area (Å²) >= 11 is 0. The summed E-state index contributed by atoms with van der Waals surface area (Å²) in [6.07, 6.45) is 0. The Kier molecular flexibility index (Phi) is 2.68. The Hall–Kier alpha value is -1.06. The van der Waals surface area contributed by atoms with E-state index in [-0.39, 0.29) is 11.8 Å². The summed E-state index contributed by atoms with van der Waals surface area (Å²) in [7, 11) is 0. The van der Waals surface area contributed by atoms with Crippen molar-refractivity contribution in [2.24, 2.45) is 11.5 Å². The highest BCUT2D eigenvalue weighted by Crippen LogP contribution is 2.25. The van der Waals surface area contributed by atoms with E-state index in [9.17, 15) is 5.11 Å². The second-order valence-electron chi connectivity index (χ2n) is 2.85. The van der Waals surface area contributed by atoms with E-state index in [4.69, 9.17) is 11.5 Å². The van der Waals surface area contributed by atoms with E-state index in [0.29, 0.717) is 6.54 Å². The largest absolute Gasteiger partial charge is 0.507 e. The van der Waals surface area contributed by atoms with Crippen molar-refractivity contribution in [1.29, 1.82) is 0 Å². The molecule has 1 aromatic rings. The molecule has 3 nitrogen and oxygen atoms in total. The van der Waals surface area contributed by atoms with Gasteiger partial charge < -0.3 is 16.6 Å². The van der Waals surface area contributed by atoms with E-state index in [0.717, 1.165) is 11.1 Å². The van der Waals surface area contributed by atoms with Gasteiger partial charge in [-0.15, -0.1) is 0 Å². The number of para-hydroxylation sites is 1. The molecule has 0 aliphatic carbocycles. The molecular formula is C9H14N2O. The summed E-state index contributed by atoms with van der Waals surface area (Å²) in [4.78, 5) is 0. The number of rotatable bonds is 2. The summed E-state index contributed by atoms with van der Waals surface area (Å²) in [5.41, 5.74) is 12.6. The predicted octanol–water partition coefficient (Wildman–Crippen LogP) is 0.659. The summed E-state index contributed by atoms with van der Waals surface area (Å²) in [6, 6.07) is 5.21. The number of phenols is 1. The molecule has 0 fully saturated rings. The molecule has 12 heavy (non-hydrogen) atoms. The molecule has 0 aromatic heterocycles. The van der Waals surface area contributed by atoms with Crippen LogP contribution in [0, 0.1) is 6.92 Å². The minimum atomic E-state index is -0.273. The van der Waals surface area contributed by atoms with Gasteiger partial charge in [-0.2, -0.15) is 0 Å². The van der Waals surface area contributed by atoms with Crippen molar-refractivity contribution in [1.82, 2.24) is 0 Å². The van der Waals surface area contributed by atoms with E-state index in [2.05, 4.69) is 0 Å². The smallest absolute Gasteiger partial charge is 0.123 e. The van der Waals surface area contributed by atoms with Gasteiger partial charge >= 0.3 is 0 Å². The minimum Gasteiger partial charge on any atom is -0.507 e. The van der Waals surface area contributed by atoms with Gasteiger partial charge in [0.1, 0.15) is 5.75 Å². The van der Waals surface area contributed by atoms with Gasteiger partial charge in [0.2, 0.25) is 0 Å². The zero-order chi connectivity index (χ0) is 9.14. The second-order valence-corrected chi connectivity index (χ2v) is 2.85. The lowest BCUT2D eigenvalue weighted by Crippen LogP contribution is -2.20. The fourth-order valence-corrected chi connectivity index (χ4v) is 1.11. The first-order chi connectivity index (χ1) is 5.66. The molecule has 0 aliphatic rings. The van der Waals surface area contributed by atoms with Gasteiger partial charge in [0.15, 0.2) is 0 Å². The highest BCUT2D eigenvalue weighted by atomic mass is 16.3. The molecule has 66 valence electrons. The maximum atomic E-state index is 9.56. The van der Waals surface area contributed by atoms with Gasteiger partial charge in [0, 0.05) is 18.2 Å². The third-order valence-corrected chi connectivity index (χ3v) is 1.92. The number of benzene rings is 1. The first kappa shape index (κ1) is 9.03. The average Bonchev–Trinajstić information content (AvgIpc) is 2.08. The zero-order valence-electron chi connectivity index (χ0n) is 7.12. The van der Waals surface area contributed by atoms with Gasteiger partial charge in [-0.3, -0.25) is 0 Å². The van der Waals surface area contributed by atoms with E-state index in [1.807, 2.05) is 19.1 Å². The first-order valence-corrected chi connectivity index (χ1v) is 3.91. The van der Waals surface area contributed by atoms with Gasteiger partial charge in [-0.1, -0.05) is 18.2 Å². The molecule has 3 heteroatoms. The van der Waals surface area contributed by atoms with Crippen LogP contribution < -0.4 is 11.5 Å². The molecular weight excluding hydrogens is 152 g/mol. The van der Waals surface area contributed by atoms with Crippen LogP contribution in [0.15, 0.2) is 18.2 Å². The van der Waals surface area contributed by atoms with Crippen molar-refractivity contribution in [3.05, 3.63) is 29.3 Å². The fourth-order valence-electron chi connectivity index (χ4n) is 1.11. The summed E-state index contributed by atoms with van der Waals surface area (Å²) < 4.78 is 0. The van der Waals surface area contributed by atoms with Crippen molar-refractivity contribution in [3.8, 4) is 5.75 Å². The SMILES string of the molecule is Cc1cccc([C@@H](N)CN)c1O. The highest BCUT2D eigenvalue weighted by molar-refractivity contribution is 5.41. The van der Waals surface area contributed by atoms with Crippen LogP contribution in [-0.2, 0) is 0 Å². The lowest BCUT2D eigenvalue weighted by atomic mass is 10.0. The predicted molar refractivity (Wildman–Crippen MR) is 48.8 cm³/mol. The van der Waals surface area contributed by atoms with Crippen LogP contribution in [0.4, 0.5) is 0 Å². The van der Waals surface area contributed by atoms with E-state index in [1.54, 1.807) is 6.07 Å². The molecule has 0 unspecified atom stereocenters. The van der Waals surface area contributed by atoms with Crippen LogP contribution in [0.3, 0.4) is 0 Å².